The van der Waals surface area contributed by atoms with Crippen molar-refractivity contribution < 1.29 is 27.8 Å². The minimum atomic E-state index is -4.64. The van der Waals surface area contributed by atoms with Crippen molar-refractivity contribution in [3.63, 3.8) is 0 Å². The third-order valence-electron chi connectivity index (χ3n) is 7.01. The van der Waals surface area contributed by atoms with Crippen molar-refractivity contribution in [3.05, 3.63) is 48.0 Å². The van der Waals surface area contributed by atoms with Gasteiger partial charge in [-0.05, 0) is 54.8 Å². The summed E-state index contributed by atoms with van der Waals surface area (Å²) in [5, 5.41) is 11.7. The largest absolute Gasteiger partial charge is 0.573 e. The van der Waals surface area contributed by atoms with E-state index in [0.29, 0.717) is 6.54 Å². The van der Waals surface area contributed by atoms with E-state index in [-0.39, 0.29) is 11.4 Å². The Morgan fingerprint density at radius 2 is 1.94 bits per heavy atom. The maximum absolute atomic E-state index is 12.3. The minimum Gasteiger partial charge on any atom is -0.476 e. The molecule has 1 aromatic carbocycles. The molecule has 0 spiro atoms. The van der Waals surface area contributed by atoms with Crippen LogP contribution in [0.3, 0.4) is 0 Å². The molecule has 7 nitrogen and oxygen atoms in total. The van der Waals surface area contributed by atoms with Gasteiger partial charge in [-0.25, -0.2) is 9.78 Å². The number of rotatable bonds is 7. The van der Waals surface area contributed by atoms with E-state index in [1.165, 1.54) is 63.4 Å². The molecule has 34 heavy (non-hydrogen) atoms. The molecule has 1 saturated heterocycles. The maximum Gasteiger partial charge on any atom is 0.573 e. The molecule has 5 rings (SSSR count). The standard InChI is InChI=1S/C19H25F3N2O.C5H6N2O2/c20-19(21,22)25-15-7-3-4-13(8-15)9-23-10-16-17-11-24(12-18(16)17)14-5-1-2-6-14;1-7-2-4(5(8)9)6-3-7/h3-4,7-8,14,16-18,23H,1-2,5-6,9-12H2;2-3H,1H3,(H,8,9). The second kappa shape index (κ2) is 10.4. The van der Waals surface area contributed by atoms with Crippen LogP contribution in [0.4, 0.5) is 13.2 Å². The smallest absolute Gasteiger partial charge is 0.476 e. The van der Waals surface area contributed by atoms with Gasteiger partial charge >= 0.3 is 12.3 Å². The second-order valence-electron chi connectivity index (χ2n) is 9.44. The fourth-order valence-electron chi connectivity index (χ4n) is 5.31. The van der Waals surface area contributed by atoms with Crippen LogP contribution < -0.4 is 10.1 Å². The van der Waals surface area contributed by atoms with Gasteiger partial charge in [-0.2, -0.15) is 0 Å². The molecule has 1 aliphatic heterocycles. The fourth-order valence-corrected chi connectivity index (χ4v) is 5.31. The number of aromatic nitrogens is 2. The van der Waals surface area contributed by atoms with E-state index in [2.05, 4.69) is 19.9 Å². The molecule has 3 fully saturated rings. The van der Waals surface area contributed by atoms with E-state index >= 15 is 0 Å². The van der Waals surface area contributed by atoms with E-state index in [4.69, 9.17) is 5.11 Å². The first-order valence-electron chi connectivity index (χ1n) is 11.7. The number of fused-ring (bicyclic) bond motifs is 1. The van der Waals surface area contributed by atoms with Crippen molar-refractivity contribution in [1.82, 2.24) is 19.8 Å². The zero-order valence-electron chi connectivity index (χ0n) is 19.2. The lowest BCUT2D eigenvalue weighted by atomic mass is 10.1. The molecule has 186 valence electrons. The number of aryl methyl sites for hydroxylation is 1. The van der Waals surface area contributed by atoms with Crippen molar-refractivity contribution in [2.45, 2.75) is 44.6 Å². The highest BCUT2D eigenvalue weighted by atomic mass is 19.4. The number of nitrogens with one attached hydrogen (secondary N) is 1. The molecule has 2 N–H and O–H groups in total. The lowest BCUT2D eigenvalue weighted by Gasteiger charge is -2.26. The molecule has 0 radical (unpaired) electrons. The minimum absolute atomic E-state index is 0.0810. The Morgan fingerprint density at radius 3 is 2.50 bits per heavy atom. The number of hydrogen-bond acceptors (Lipinski definition) is 5. The van der Waals surface area contributed by atoms with E-state index in [1.54, 1.807) is 17.7 Å². The Bertz CT molecular complexity index is 962. The molecule has 2 saturated carbocycles. The average molecular weight is 481 g/mol. The quantitative estimate of drug-likeness (QED) is 0.626. The van der Waals surface area contributed by atoms with Crippen molar-refractivity contribution >= 4 is 5.97 Å². The molecular weight excluding hydrogens is 449 g/mol. The van der Waals surface area contributed by atoms with Crippen LogP contribution in [-0.2, 0) is 13.6 Å². The van der Waals surface area contributed by atoms with Gasteiger partial charge in [-0.1, -0.05) is 25.0 Å². The van der Waals surface area contributed by atoms with E-state index in [0.717, 1.165) is 35.9 Å². The summed E-state index contributed by atoms with van der Waals surface area (Å²) in [5.41, 5.74) is 0.901. The third-order valence-corrected chi connectivity index (χ3v) is 7.01. The summed E-state index contributed by atoms with van der Waals surface area (Å²) >= 11 is 0. The summed E-state index contributed by atoms with van der Waals surface area (Å²) in [7, 11) is 1.72. The topological polar surface area (TPSA) is 79.6 Å². The van der Waals surface area contributed by atoms with Gasteiger partial charge in [0.05, 0.1) is 6.33 Å². The number of aromatic carboxylic acids is 1. The van der Waals surface area contributed by atoms with E-state index < -0.39 is 12.3 Å². The number of imidazole rings is 1. The highest BCUT2D eigenvalue weighted by molar-refractivity contribution is 5.84. The molecule has 0 bridgehead atoms. The van der Waals surface area contributed by atoms with Crippen molar-refractivity contribution in [2.24, 2.45) is 24.8 Å². The number of likely N-dealkylation sites (tertiary alicyclic amines) is 1. The Morgan fingerprint density at radius 1 is 1.24 bits per heavy atom. The number of carboxylic acid groups (broad SMARTS) is 1. The van der Waals surface area contributed by atoms with Crippen LogP contribution >= 0.6 is 0 Å². The summed E-state index contributed by atoms with van der Waals surface area (Å²) in [6, 6.07) is 7.04. The first-order chi connectivity index (χ1) is 16.2. The van der Waals surface area contributed by atoms with Crippen LogP contribution in [0, 0.1) is 17.8 Å². The summed E-state index contributed by atoms with van der Waals surface area (Å²) in [4.78, 5) is 16.4. The van der Waals surface area contributed by atoms with E-state index in [1.807, 2.05) is 6.07 Å². The average Bonchev–Trinajstić information content (AvgIpc) is 3.28. The van der Waals surface area contributed by atoms with Crippen LogP contribution in [0.2, 0.25) is 0 Å². The number of ether oxygens (including phenoxy) is 1. The molecule has 0 amide bonds. The number of benzene rings is 1. The second-order valence-corrected chi connectivity index (χ2v) is 9.44. The number of carboxylic acids is 1. The third kappa shape index (κ3) is 6.50. The summed E-state index contributed by atoms with van der Waals surface area (Å²) in [5.74, 6) is 1.26. The zero-order valence-corrected chi connectivity index (χ0v) is 19.2. The first-order valence-corrected chi connectivity index (χ1v) is 11.7. The molecule has 1 aromatic heterocycles. The van der Waals surface area contributed by atoms with Crippen LogP contribution in [0.15, 0.2) is 36.8 Å². The van der Waals surface area contributed by atoms with Crippen molar-refractivity contribution in [3.8, 4) is 5.75 Å². The van der Waals surface area contributed by atoms with Gasteiger partial charge < -0.3 is 19.7 Å². The van der Waals surface area contributed by atoms with Crippen LogP contribution in [0.5, 0.6) is 5.75 Å². The molecule has 2 atom stereocenters. The highest BCUT2D eigenvalue weighted by Gasteiger charge is 2.55. The van der Waals surface area contributed by atoms with Gasteiger partial charge in [0.2, 0.25) is 0 Å². The molecule has 10 heteroatoms. The summed E-state index contributed by atoms with van der Waals surface area (Å²) in [6.45, 7) is 4.03. The van der Waals surface area contributed by atoms with Crippen LogP contribution in [0.25, 0.3) is 0 Å². The number of piperidine rings is 1. The number of carbonyl (C=O) groups is 1. The van der Waals surface area contributed by atoms with Gasteiger partial charge in [0, 0.05) is 38.9 Å². The Hall–Kier alpha value is -2.59. The summed E-state index contributed by atoms with van der Waals surface area (Å²) < 4.78 is 42.4. The van der Waals surface area contributed by atoms with Crippen molar-refractivity contribution in [1.29, 1.82) is 0 Å². The molecule has 2 aromatic rings. The molecule has 2 aliphatic carbocycles. The lowest BCUT2D eigenvalue weighted by molar-refractivity contribution is -0.274. The number of alkyl halides is 3. The molecule has 2 unspecified atom stereocenters. The number of nitrogens with zero attached hydrogens (tertiary/aromatic N) is 3. The molecular formula is C24H31F3N4O3. The van der Waals surface area contributed by atoms with Gasteiger partial charge in [0.15, 0.2) is 5.69 Å². The molecule has 2 heterocycles. The Balaban J connectivity index is 0.000000257. The predicted molar refractivity (Wildman–Crippen MR) is 119 cm³/mol. The Kier molecular flexibility index (Phi) is 7.47. The highest BCUT2D eigenvalue weighted by Crippen LogP contribution is 2.52. The number of hydrogen-bond donors (Lipinski definition) is 2. The van der Waals surface area contributed by atoms with Gasteiger partial charge in [-0.15, -0.1) is 13.2 Å². The van der Waals surface area contributed by atoms with Crippen molar-refractivity contribution in [2.75, 3.05) is 19.6 Å². The van der Waals surface area contributed by atoms with E-state index in [9.17, 15) is 18.0 Å². The van der Waals surface area contributed by atoms with Gasteiger partial charge in [-0.3, -0.25) is 4.90 Å². The first kappa shape index (κ1) is 24.5. The summed E-state index contributed by atoms with van der Waals surface area (Å²) in [6.07, 6.45) is 3.78. The normalized spacial score (nSPS) is 24.4. The number of halogens is 3. The maximum atomic E-state index is 12.3. The SMILES string of the molecule is Cn1cnc(C(=O)O)c1.FC(F)(F)Oc1cccc(CNCC2C3CN(C4CCCC4)CC23)c1. The molecule has 3 aliphatic rings. The zero-order chi connectivity index (χ0) is 24.3. The van der Waals surface area contributed by atoms with Crippen LogP contribution in [0.1, 0.15) is 41.7 Å². The van der Waals surface area contributed by atoms with Gasteiger partial charge in [0.1, 0.15) is 5.75 Å². The fraction of sp³-hybridized carbons (Fsp3) is 0.583. The Labute approximate surface area is 196 Å². The monoisotopic (exact) mass is 480 g/mol. The predicted octanol–water partition coefficient (Wildman–Crippen LogP) is 3.91. The van der Waals surface area contributed by atoms with Crippen LogP contribution in [-0.4, -0.2) is 57.6 Å². The lowest BCUT2D eigenvalue weighted by Crippen LogP contribution is -2.34. The van der Waals surface area contributed by atoms with Gasteiger partial charge in [0.25, 0.3) is 0 Å².